The van der Waals surface area contributed by atoms with E-state index in [9.17, 15) is 36.2 Å². The second-order valence-electron chi connectivity index (χ2n) is 8.20. The monoisotopic (exact) mass is 497 g/mol. The third-order valence-electron chi connectivity index (χ3n) is 5.85. The van der Waals surface area contributed by atoms with Crippen molar-refractivity contribution in [3.63, 3.8) is 0 Å². The van der Waals surface area contributed by atoms with Crippen molar-refractivity contribution in [2.24, 2.45) is 0 Å². The van der Waals surface area contributed by atoms with Gasteiger partial charge >= 0.3 is 41.9 Å². The van der Waals surface area contributed by atoms with E-state index in [1.54, 1.807) is 4.90 Å². The first-order valence-corrected chi connectivity index (χ1v) is 10.2. The van der Waals surface area contributed by atoms with Crippen molar-refractivity contribution in [3.05, 3.63) is 70.8 Å². The number of ether oxygens (including phenoxy) is 1. The molecule has 4 nitrogen and oxygen atoms in total. The molecule has 0 aliphatic carbocycles. The maximum absolute atomic E-state index is 13.1. The number of aliphatic carboxylic acids is 1. The van der Waals surface area contributed by atoms with Crippen molar-refractivity contribution >= 4 is 5.97 Å². The molecule has 0 amide bonds. The number of carboxylic acid groups (broad SMARTS) is 1. The number of likely N-dealkylation sites (tertiary alicyclic amines) is 1. The van der Waals surface area contributed by atoms with Crippen LogP contribution in [0, 0.1) is 0 Å². The Kier molecular flexibility index (Phi) is 9.63. The fourth-order valence-corrected chi connectivity index (χ4v) is 4.10. The summed E-state index contributed by atoms with van der Waals surface area (Å²) in [6.45, 7) is 0.302. The first kappa shape index (κ1) is 28.6. The van der Waals surface area contributed by atoms with Crippen LogP contribution in [0.4, 0.5) is 26.3 Å². The molecule has 0 unspecified atom stereocenters. The van der Waals surface area contributed by atoms with Gasteiger partial charge in [0.05, 0.1) is 30.3 Å². The predicted octanol–water partition coefficient (Wildman–Crippen LogP) is 1.03. The Balaban J connectivity index is 0.00000408. The minimum Gasteiger partial charge on any atom is -0.549 e. The summed E-state index contributed by atoms with van der Waals surface area (Å²) < 4.78 is 84.3. The molecule has 0 N–H and O–H groups in total. The van der Waals surface area contributed by atoms with Crippen LogP contribution in [0.5, 0.6) is 0 Å². The smallest absolute Gasteiger partial charge is 0.549 e. The van der Waals surface area contributed by atoms with Crippen LogP contribution < -0.4 is 34.7 Å². The van der Waals surface area contributed by atoms with Gasteiger partial charge in [-0.05, 0) is 55.3 Å². The number of halogens is 6. The molecule has 3 rings (SSSR count). The van der Waals surface area contributed by atoms with E-state index in [-0.39, 0.29) is 54.3 Å². The largest absolute Gasteiger partial charge is 1.00 e. The van der Waals surface area contributed by atoms with Crippen molar-refractivity contribution in [2.75, 3.05) is 26.2 Å². The minimum atomic E-state index is -4.92. The summed E-state index contributed by atoms with van der Waals surface area (Å²) in [6.07, 6.45) is -8.82. The molecule has 0 saturated carbocycles. The molecule has 0 aromatic heterocycles. The van der Waals surface area contributed by atoms with E-state index in [4.69, 9.17) is 4.74 Å². The average molecular weight is 497 g/mol. The van der Waals surface area contributed by atoms with Gasteiger partial charge in [0.15, 0.2) is 0 Å². The molecule has 0 bridgehead atoms. The second kappa shape index (κ2) is 11.4. The zero-order chi connectivity index (χ0) is 24.3. The zero-order valence-corrected chi connectivity index (χ0v) is 20.5. The number of hydrogen-bond donors (Lipinski definition) is 0. The van der Waals surface area contributed by atoms with Gasteiger partial charge in [-0.1, -0.05) is 30.3 Å². The van der Waals surface area contributed by atoms with Crippen LogP contribution in [0.1, 0.15) is 35.1 Å². The molecule has 1 fully saturated rings. The third-order valence-corrected chi connectivity index (χ3v) is 5.85. The molecule has 1 heterocycles. The Morgan fingerprint density at radius 2 is 1.47 bits per heavy atom. The van der Waals surface area contributed by atoms with E-state index in [1.165, 1.54) is 0 Å². The van der Waals surface area contributed by atoms with Crippen molar-refractivity contribution in [3.8, 4) is 0 Å². The third kappa shape index (κ3) is 7.45. The molecule has 0 radical (unpaired) electrons. The Bertz CT molecular complexity index is 925. The fraction of sp³-hybridized carbons (Fsp3) is 0.435. The van der Waals surface area contributed by atoms with Crippen LogP contribution in [-0.2, 0) is 33.9 Å². The van der Waals surface area contributed by atoms with Crippen LogP contribution in [0.25, 0.3) is 0 Å². The molecule has 11 heteroatoms. The number of hydrogen-bond acceptors (Lipinski definition) is 4. The molecule has 34 heavy (non-hydrogen) atoms. The van der Waals surface area contributed by atoms with Crippen LogP contribution in [0.2, 0.25) is 0 Å². The van der Waals surface area contributed by atoms with Gasteiger partial charge in [0, 0.05) is 12.0 Å². The molecule has 0 spiro atoms. The van der Waals surface area contributed by atoms with Gasteiger partial charge in [0.1, 0.15) is 0 Å². The quantitative estimate of drug-likeness (QED) is 0.424. The number of nitrogens with zero attached hydrogens (tertiary/aromatic N) is 1. The first-order chi connectivity index (χ1) is 15.4. The predicted molar refractivity (Wildman–Crippen MR) is 105 cm³/mol. The van der Waals surface area contributed by atoms with Crippen molar-refractivity contribution in [2.45, 2.75) is 37.2 Å². The SMILES string of the molecule is O=C([O-])CN1CCC(COCc2cc(C(F)(F)F)cc(C(F)(F)F)c2)(c2ccccc2)CC1.[Na+]. The van der Waals surface area contributed by atoms with Gasteiger partial charge in [-0.2, -0.15) is 26.3 Å². The minimum absolute atomic E-state index is 0. The summed E-state index contributed by atoms with van der Waals surface area (Å²) in [7, 11) is 0. The number of carbonyl (C=O) groups is 1. The Hall–Kier alpha value is -1.59. The Morgan fingerprint density at radius 1 is 0.941 bits per heavy atom. The molecule has 2 aromatic carbocycles. The zero-order valence-electron chi connectivity index (χ0n) is 18.5. The van der Waals surface area contributed by atoms with Crippen LogP contribution in [0.15, 0.2) is 48.5 Å². The standard InChI is InChI=1S/C23H23F6NO3.Na/c24-22(25,26)18-10-16(11-19(12-18)23(27,28)29)14-33-15-21(17-4-2-1-3-5-17)6-8-30(9-7-21)13-20(31)32;/h1-5,10-12H,6-9,13-15H2,(H,31,32);/q;+1/p-1. The Morgan fingerprint density at radius 3 is 1.94 bits per heavy atom. The van der Waals surface area contributed by atoms with E-state index in [0.29, 0.717) is 38.1 Å². The summed E-state index contributed by atoms with van der Waals surface area (Å²) in [6, 6.07) is 10.6. The maximum atomic E-state index is 13.1. The summed E-state index contributed by atoms with van der Waals surface area (Å²) >= 11 is 0. The number of carbonyl (C=O) groups excluding carboxylic acids is 1. The summed E-state index contributed by atoms with van der Waals surface area (Å²) in [5.74, 6) is -1.19. The van der Waals surface area contributed by atoms with E-state index in [2.05, 4.69) is 0 Å². The number of rotatable bonds is 7. The van der Waals surface area contributed by atoms with Crippen LogP contribution in [0.3, 0.4) is 0 Å². The number of carboxylic acids is 1. The average Bonchev–Trinajstić information content (AvgIpc) is 2.74. The number of piperidine rings is 1. The van der Waals surface area contributed by atoms with E-state index < -0.39 is 41.5 Å². The summed E-state index contributed by atoms with van der Waals surface area (Å²) in [5.41, 5.74) is -2.63. The fourth-order valence-electron chi connectivity index (χ4n) is 4.10. The molecule has 2 aromatic rings. The van der Waals surface area contributed by atoms with Crippen molar-refractivity contribution < 1.29 is 70.5 Å². The van der Waals surface area contributed by atoms with Crippen molar-refractivity contribution in [1.29, 1.82) is 0 Å². The van der Waals surface area contributed by atoms with E-state index in [1.807, 2.05) is 30.3 Å². The summed E-state index contributed by atoms with van der Waals surface area (Å²) in [4.78, 5) is 12.6. The van der Waals surface area contributed by atoms with Gasteiger partial charge in [0.25, 0.3) is 0 Å². The number of alkyl halides is 6. The van der Waals surface area contributed by atoms with Crippen LogP contribution in [-0.4, -0.2) is 37.1 Å². The van der Waals surface area contributed by atoms with E-state index >= 15 is 0 Å². The normalized spacial score (nSPS) is 16.6. The van der Waals surface area contributed by atoms with Gasteiger partial charge in [0.2, 0.25) is 0 Å². The topological polar surface area (TPSA) is 52.6 Å². The molecule has 180 valence electrons. The summed E-state index contributed by atoms with van der Waals surface area (Å²) in [5, 5.41) is 10.9. The first-order valence-electron chi connectivity index (χ1n) is 10.2. The van der Waals surface area contributed by atoms with E-state index in [0.717, 1.165) is 5.56 Å². The maximum Gasteiger partial charge on any atom is 1.00 e. The van der Waals surface area contributed by atoms with Crippen LogP contribution >= 0.6 is 0 Å². The van der Waals surface area contributed by atoms with Gasteiger partial charge in [-0.25, -0.2) is 0 Å². The molecule has 1 aliphatic rings. The number of benzene rings is 2. The van der Waals surface area contributed by atoms with Gasteiger partial charge in [-0.3, -0.25) is 4.90 Å². The second-order valence-corrected chi connectivity index (χ2v) is 8.20. The van der Waals surface area contributed by atoms with Gasteiger partial charge < -0.3 is 14.6 Å². The molecule has 0 atom stereocenters. The molecular formula is C23H22F6NNaO3. The Labute approximate surface area is 215 Å². The molecule has 1 saturated heterocycles. The van der Waals surface area contributed by atoms with Gasteiger partial charge in [-0.15, -0.1) is 0 Å². The van der Waals surface area contributed by atoms with Crippen molar-refractivity contribution in [1.82, 2.24) is 4.90 Å². The molecule has 1 aliphatic heterocycles. The molecular weight excluding hydrogens is 475 g/mol.